The fourth-order valence-corrected chi connectivity index (χ4v) is 2.13. The van der Waals surface area contributed by atoms with Gasteiger partial charge in [0.05, 0.1) is 11.7 Å². The van der Waals surface area contributed by atoms with Crippen LogP contribution in [0.25, 0.3) is 22.6 Å². The Morgan fingerprint density at radius 3 is 2.88 bits per heavy atom. The summed E-state index contributed by atoms with van der Waals surface area (Å²) in [4.78, 5) is 11.3. The van der Waals surface area contributed by atoms with Gasteiger partial charge in [-0.25, -0.2) is 14.4 Å². The Morgan fingerprint density at radius 2 is 2.06 bits per heavy atom. The molecule has 0 atom stereocenters. The summed E-state index contributed by atoms with van der Waals surface area (Å²) in [5.74, 6) is 0.297. The molecule has 0 aliphatic rings. The number of nitrogens with zero attached hydrogens (tertiary/aromatic N) is 2. The molecule has 0 saturated heterocycles. The van der Waals surface area contributed by atoms with E-state index in [2.05, 4.69) is 30.9 Å². The maximum absolute atomic E-state index is 13.0. The maximum atomic E-state index is 13.0. The molecule has 0 amide bonds. The number of benzene rings is 1. The van der Waals surface area contributed by atoms with Crippen molar-refractivity contribution in [2.24, 2.45) is 0 Å². The minimum Gasteiger partial charge on any atom is -0.336 e. The van der Waals surface area contributed by atoms with Crippen molar-refractivity contribution in [3.63, 3.8) is 0 Å². The number of imidazole rings is 1. The summed E-state index contributed by atoms with van der Waals surface area (Å²) in [6, 6.07) is 9.08. The number of fused-ring (bicyclic) bond motifs is 1. The molecule has 2 heterocycles. The van der Waals surface area contributed by atoms with Crippen molar-refractivity contribution in [2.75, 3.05) is 0 Å². The average molecular weight is 292 g/mol. The molecule has 0 aliphatic heterocycles. The first kappa shape index (κ1) is 10.4. The summed E-state index contributed by atoms with van der Waals surface area (Å²) in [7, 11) is 0. The van der Waals surface area contributed by atoms with Crippen LogP contribution in [-0.4, -0.2) is 15.0 Å². The second kappa shape index (κ2) is 3.92. The summed E-state index contributed by atoms with van der Waals surface area (Å²) < 4.78 is 13.9. The summed E-state index contributed by atoms with van der Waals surface area (Å²) in [6.45, 7) is 0. The fourth-order valence-electron chi connectivity index (χ4n) is 1.66. The van der Waals surface area contributed by atoms with Crippen LogP contribution >= 0.6 is 15.9 Å². The normalized spacial score (nSPS) is 10.9. The zero-order chi connectivity index (χ0) is 11.8. The largest absolute Gasteiger partial charge is 0.336 e. The molecule has 5 heteroatoms. The van der Waals surface area contributed by atoms with Crippen LogP contribution in [0.3, 0.4) is 0 Å². The number of halogens is 2. The molecule has 3 nitrogen and oxygen atoms in total. The lowest BCUT2D eigenvalue weighted by molar-refractivity contribution is 0.624. The number of rotatable bonds is 1. The van der Waals surface area contributed by atoms with E-state index in [0.717, 1.165) is 16.2 Å². The molecule has 0 spiro atoms. The average Bonchev–Trinajstić information content (AvgIpc) is 2.72. The van der Waals surface area contributed by atoms with E-state index in [1.54, 1.807) is 0 Å². The minimum absolute atomic E-state index is 0.375. The molecule has 0 aliphatic carbocycles. The van der Waals surface area contributed by atoms with Crippen LogP contribution in [0.1, 0.15) is 0 Å². The minimum atomic E-state index is -0.375. The number of aromatic amines is 1. The number of hydrogen-bond donors (Lipinski definition) is 1. The third-order valence-corrected chi connectivity index (χ3v) is 3.12. The van der Waals surface area contributed by atoms with Gasteiger partial charge in [-0.3, -0.25) is 0 Å². The first-order chi connectivity index (χ1) is 8.24. The Kier molecular flexibility index (Phi) is 2.40. The van der Waals surface area contributed by atoms with Crippen molar-refractivity contribution in [3.05, 3.63) is 46.8 Å². The van der Waals surface area contributed by atoms with Crippen LogP contribution in [0, 0.1) is 5.82 Å². The Labute approximate surface area is 105 Å². The van der Waals surface area contributed by atoms with Gasteiger partial charge in [-0.15, -0.1) is 0 Å². The van der Waals surface area contributed by atoms with Crippen molar-refractivity contribution in [3.8, 4) is 11.4 Å². The van der Waals surface area contributed by atoms with E-state index in [1.807, 2.05) is 24.3 Å². The predicted octanol–water partition coefficient (Wildman–Crippen LogP) is 3.53. The topological polar surface area (TPSA) is 41.6 Å². The van der Waals surface area contributed by atoms with E-state index >= 15 is 0 Å². The number of hydrogen-bond acceptors (Lipinski definition) is 2. The van der Waals surface area contributed by atoms with Crippen LogP contribution in [0.4, 0.5) is 4.39 Å². The Balaban J connectivity index is 2.22. The number of aromatic nitrogens is 3. The van der Waals surface area contributed by atoms with Crippen LogP contribution in [0.5, 0.6) is 0 Å². The smallest absolute Gasteiger partial charge is 0.178 e. The van der Waals surface area contributed by atoms with E-state index in [4.69, 9.17) is 0 Å². The van der Waals surface area contributed by atoms with E-state index in [9.17, 15) is 4.39 Å². The monoisotopic (exact) mass is 291 g/mol. The highest BCUT2D eigenvalue weighted by molar-refractivity contribution is 9.10. The lowest BCUT2D eigenvalue weighted by Gasteiger charge is -1.98. The number of H-pyrrole nitrogens is 1. The zero-order valence-electron chi connectivity index (χ0n) is 8.61. The third-order valence-electron chi connectivity index (χ3n) is 2.43. The van der Waals surface area contributed by atoms with Crippen LogP contribution in [0.2, 0.25) is 0 Å². The predicted molar refractivity (Wildman–Crippen MR) is 67.0 cm³/mol. The maximum Gasteiger partial charge on any atom is 0.178 e. The fraction of sp³-hybridized carbons (Fsp3) is 0. The standard InChI is InChI=1S/C12H7BrFN3/c13-9-4-2-1-3-8(9)11-16-10-5-7(14)6-15-12(10)17-11/h1-6H,(H,15,16,17). The molecule has 3 aromatic rings. The van der Waals surface area contributed by atoms with E-state index in [1.165, 1.54) is 6.07 Å². The first-order valence-electron chi connectivity index (χ1n) is 5.00. The SMILES string of the molecule is Fc1cnc2nc(-c3ccccc3Br)[nH]c2c1. The molecule has 84 valence electrons. The van der Waals surface area contributed by atoms with Crippen molar-refractivity contribution in [1.29, 1.82) is 0 Å². The Hall–Kier alpha value is -1.75. The first-order valence-corrected chi connectivity index (χ1v) is 5.79. The van der Waals surface area contributed by atoms with Crippen LogP contribution < -0.4 is 0 Å². The summed E-state index contributed by atoms with van der Waals surface area (Å²) >= 11 is 3.45. The second-order valence-electron chi connectivity index (χ2n) is 3.59. The zero-order valence-corrected chi connectivity index (χ0v) is 10.2. The summed E-state index contributed by atoms with van der Waals surface area (Å²) in [6.07, 6.45) is 1.16. The quantitative estimate of drug-likeness (QED) is 0.745. The van der Waals surface area contributed by atoms with Crippen molar-refractivity contribution >= 4 is 27.1 Å². The lowest BCUT2D eigenvalue weighted by atomic mass is 10.2. The van der Waals surface area contributed by atoms with E-state index in [-0.39, 0.29) is 5.82 Å². The van der Waals surface area contributed by atoms with Gasteiger partial charge in [-0.05, 0) is 6.07 Å². The lowest BCUT2D eigenvalue weighted by Crippen LogP contribution is -1.81. The van der Waals surface area contributed by atoms with Gasteiger partial charge in [0, 0.05) is 16.1 Å². The highest BCUT2D eigenvalue weighted by atomic mass is 79.9. The third kappa shape index (κ3) is 1.82. The van der Waals surface area contributed by atoms with Crippen molar-refractivity contribution < 1.29 is 4.39 Å². The van der Waals surface area contributed by atoms with Crippen LogP contribution in [-0.2, 0) is 0 Å². The van der Waals surface area contributed by atoms with E-state index in [0.29, 0.717) is 17.0 Å². The van der Waals surface area contributed by atoms with Gasteiger partial charge < -0.3 is 4.98 Å². The Bertz CT molecular complexity index is 693. The molecular weight excluding hydrogens is 285 g/mol. The van der Waals surface area contributed by atoms with Gasteiger partial charge >= 0.3 is 0 Å². The summed E-state index contributed by atoms with van der Waals surface area (Å²) in [5, 5.41) is 0. The molecular formula is C12H7BrFN3. The number of nitrogens with one attached hydrogen (secondary N) is 1. The van der Waals surface area contributed by atoms with Gasteiger partial charge in [-0.2, -0.15) is 0 Å². The number of pyridine rings is 1. The molecule has 17 heavy (non-hydrogen) atoms. The van der Waals surface area contributed by atoms with Crippen molar-refractivity contribution in [1.82, 2.24) is 15.0 Å². The summed E-state index contributed by atoms with van der Waals surface area (Å²) in [5.41, 5.74) is 2.03. The molecule has 2 aromatic heterocycles. The highest BCUT2D eigenvalue weighted by Gasteiger charge is 2.09. The molecule has 1 aromatic carbocycles. The molecule has 1 N–H and O–H groups in total. The van der Waals surface area contributed by atoms with Crippen molar-refractivity contribution in [2.45, 2.75) is 0 Å². The van der Waals surface area contributed by atoms with Gasteiger partial charge in [0.15, 0.2) is 5.65 Å². The van der Waals surface area contributed by atoms with Gasteiger partial charge in [0.2, 0.25) is 0 Å². The van der Waals surface area contributed by atoms with E-state index < -0.39 is 0 Å². The second-order valence-corrected chi connectivity index (χ2v) is 4.44. The van der Waals surface area contributed by atoms with Gasteiger partial charge in [0.1, 0.15) is 11.6 Å². The molecule has 0 unspecified atom stereocenters. The molecule has 0 fully saturated rings. The Morgan fingerprint density at radius 1 is 1.24 bits per heavy atom. The molecule has 0 bridgehead atoms. The molecule has 0 saturated carbocycles. The highest BCUT2D eigenvalue weighted by Crippen LogP contribution is 2.26. The van der Waals surface area contributed by atoms with Crippen LogP contribution in [0.15, 0.2) is 41.0 Å². The molecule has 3 rings (SSSR count). The van der Waals surface area contributed by atoms with Gasteiger partial charge in [0.25, 0.3) is 0 Å². The van der Waals surface area contributed by atoms with Gasteiger partial charge in [-0.1, -0.05) is 34.1 Å². The molecule has 0 radical (unpaired) electrons.